The largest absolute Gasteiger partial charge is 0.399 e. The second-order valence-corrected chi connectivity index (χ2v) is 6.78. The van der Waals surface area contributed by atoms with Crippen LogP contribution in [0.5, 0.6) is 0 Å². The van der Waals surface area contributed by atoms with Gasteiger partial charge >= 0.3 is 0 Å². The van der Waals surface area contributed by atoms with Gasteiger partial charge in [0.15, 0.2) is 0 Å². The SMILES string of the molecule is Cc1cc(SCC(=O)Nc2ccc(Br)cc2C)ccc1N. The first-order valence-electron chi connectivity index (χ1n) is 6.50. The maximum Gasteiger partial charge on any atom is 0.234 e. The number of carbonyl (C=O) groups is 1. The van der Waals surface area contributed by atoms with E-state index in [0.29, 0.717) is 5.75 Å². The predicted molar refractivity (Wildman–Crippen MR) is 93.8 cm³/mol. The molecule has 0 saturated carbocycles. The fraction of sp³-hybridized carbons (Fsp3) is 0.188. The van der Waals surface area contributed by atoms with Gasteiger partial charge in [0.2, 0.25) is 5.91 Å². The lowest BCUT2D eigenvalue weighted by Gasteiger charge is -2.09. The fourth-order valence-corrected chi connectivity index (χ4v) is 3.11. The fourth-order valence-electron chi connectivity index (χ4n) is 1.84. The molecule has 0 unspecified atom stereocenters. The number of carbonyl (C=O) groups excluding carboxylic acids is 1. The smallest absolute Gasteiger partial charge is 0.234 e. The number of nitrogens with one attached hydrogen (secondary N) is 1. The monoisotopic (exact) mass is 364 g/mol. The normalized spacial score (nSPS) is 10.4. The molecule has 0 aromatic heterocycles. The Morgan fingerprint density at radius 2 is 1.95 bits per heavy atom. The Bertz CT molecular complexity index is 673. The van der Waals surface area contributed by atoms with Crippen molar-refractivity contribution in [1.82, 2.24) is 0 Å². The number of benzene rings is 2. The number of nitrogens with two attached hydrogens (primary N) is 1. The molecule has 0 aliphatic heterocycles. The van der Waals surface area contributed by atoms with Gasteiger partial charge in [0.1, 0.15) is 0 Å². The quantitative estimate of drug-likeness (QED) is 0.625. The van der Waals surface area contributed by atoms with Crippen molar-refractivity contribution in [2.75, 3.05) is 16.8 Å². The lowest BCUT2D eigenvalue weighted by molar-refractivity contribution is -0.113. The van der Waals surface area contributed by atoms with Gasteiger partial charge in [0.05, 0.1) is 5.75 Å². The van der Waals surface area contributed by atoms with E-state index in [0.717, 1.165) is 31.9 Å². The summed E-state index contributed by atoms with van der Waals surface area (Å²) in [6, 6.07) is 11.6. The number of thioether (sulfide) groups is 1. The first-order chi connectivity index (χ1) is 9.95. The number of anilines is 2. The van der Waals surface area contributed by atoms with Crippen molar-refractivity contribution in [3.8, 4) is 0 Å². The van der Waals surface area contributed by atoms with Crippen LogP contribution in [0, 0.1) is 13.8 Å². The summed E-state index contributed by atoms with van der Waals surface area (Å²) in [6.45, 7) is 3.93. The minimum atomic E-state index is -0.0140. The molecule has 0 aliphatic rings. The zero-order valence-electron chi connectivity index (χ0n) is 11.9. The molecule has 2 aromatic carbocycles. The molecular formula is C16H17BrN2OS. The summed E-state index contributed by atoms with van der Waals surface area (Å²) in [4.78, 5) is 13.1. The third kappa shape index (κ3) is 4.51. The van der Waals surface area contributed by atoms with E-state index in [2.05, 4.69) is 21.2 Å². The summed E-state index contributed by atoms with van der Waals surface area (Å²) in [6.07, 6.45) is 0. The minimum absolute atomic E-state index is 0.0140. The summed E-state index contributed by atoms with van der Waals surface area (Å²) in [5, 5.41) is 2.93. The van der Waals surface area contributed by atoms with Gasteiger partial charge in [-0.1, -0.05) is 15.9 Å². The van der Waals surface area contributed by atoms with Crippen molar-refractivity contribution in [2.45, 2.75) is 18.7 Å². The van der Waals surface area contributed by atoms with Crippen molar-refractivity contribution >= 4 is 45.0 Å². The molecule has 0 spiro atoms. The summed E-state index contributed by atoms with van der Waals surface area (Å²) in [5.41, 5.74) is 9.47. The van der Waals surface area contributed by atoms with Crippen LogP contribution >= 0.6 is 27.7 Å². The molecule has 21 heavy (non-hydrogen) atoms. The molecule has 0 saturated heterocycles. The Balaban J connectivity index is 1.94. The first-order valence-corrected chi connectivity index (χ1v) is 8.28. The Morgan fingerprint density at radius 1 is 1.19 bits per heavy atom. The number of rotatable bonds is 4. The lowest BCUT2D eigenvalue weighted by atomic mass is 10.2. The zero-order chi connectivity index (χ0) is 15.4. The van der Waals surface area contributed by atoms with Crippen LogP contribution in [0.25, 0.3) is 0 Å². The molecule has 0 bridgehead atoms. The highest BCUT2D eigenvalue weighted by atomic mass is 79.9. The van der Waals surface area contributed by atoms with Gasteiger partial charge in [0, 0.05) is 20.7 Å². The third-order valence-corrected chi connectivity index (χ3v) is 4.56. The number of aryl methyl sites for hydroxylation is 2. The Kier molecular flexibility index (Phi) is 5.31. The molecule has 2 rings (SSSR count). The van der Waals surface area contributed by atoms with Gasteiger partial charge in [-0.3, -0.25) is 4.79 Å². The van der Waals surface area contributed by atoms with Crippen molar-refractivity contribution in [1.29, 1.82) is 0 Å². The highest BCUT2D eigenvalue weighted by molar-refractivity contribution is 9.10. The Hall–Kier alpha value is -1.46. The average molecular weight is 365 g/mol. The van der Waals surface area contributed by atoms with E-state index in [1.807, 2.05) is 50.2 Å². The highest BCUT2D eigenvalue weighted by Gasteiger charge is 2.06. The van der Waals surface area contributed by atoms with Crippen molar-refractivity contribution in [3.63, 3.8) is 0 Å². The maximum absolute atomic E-state index is 12.0. The van der Waals surface area contributed by atoms with Crippen molar-refractivity contribution in [2.24, 2.45) is 0 Å². The van der Waals surface area contributed by atoms with Crippen molar-refractivity contribution in [3.05, 3.63) is 52.0 Å². The summed E-state index contributed by atoms with van der Waals surface area (Å²) >= 11 is 4.91. The molecule has 5 heteroatoms. The molecule has 1 amide bonds. The Labute approximate surface area is 137 Å². The van der Waals surface area contributed by atoms with E-state index in [1.165, 1.54) is 11.8 Å². The summed E-state index contributed by atoms with van der Waals surface area (Å²) in [7, 11) is 0. The van der Waals surface area contributed by atoms with E-state index >= 15 is 0 Å². The molecule has 0 aliphatic carbocycles. The van der Waals surface area contributed by atoms with E-state index in [-0.39, 0.29) is 5.91 Å². The average Bonchev–Trinajstić information content (AvgIpc) is 2.43. The molecule has 110 valence electrons. The van der Waals surface area contributed by atoms with E-state index in [1.54, 1.807) is 0 Å². The molecular weight excluding hydrogens is 348 g/mol. The van der Waals surface area contributed by atoms with Gasteiger partial charge in [-0.05, 0) is 61.4 Å². The second-order valence-electron chi connectivity index (χ2n) is 4.81. The highest BCUT2D eigenvalue weighted by Crippen LogP contribution is 2.24. The van der Waals surface area contributed by atoms with Crippen LogP contribution in [0.4, 0.5) is 11.4 Å². The number of hydrogen-bond acceptors (Lipinski definition) is 3. The molecule has 0 atom stereocenters. The van der Waals surface area contributed by atoms with Gasteiger partial charge < -0.3 is 11.1 Å². The lowest BCUT2D eigenvalue weighted by Crippen LogP contribution is -2.14. The van der Waals surface area contributed by atoms with Crippen LogP contribution < -0.4 is 11.1 Å². The number of nitrogen functional groups attached to an aromatic ring is 1. The standard InChI is InChI=1S/C16H17BrN2OS/c1-10-8-13(4-5-14(10)18)21-9-16(20)19-15-6-3-12(17)7-11(15)2/h3-8H,9,18H2,1-2H3,(H,19,20). The van der Waals surface area contributed by atoms with Crippen LogP contribution in [0.15, 0.2) is 45.8 Å². The van der Waals surface area contributed by atoms with Gasteiger partial charge in [-0.15, -0.1) is 11.8 Å². The van der Waals surface area contributed by atoms with Crippen molar-refractivity contribution < 1.29 is 4.79 Å². The second kappa shape index (κ2) is 7.00. The summed E-state index contributed by atoms with van der Waals surface area (Å²) < 4.78 is 1.00. The van der Waals surface area contributed by atoms with Gasteiger partial charge in [-0.25, -0.2) is 0 Å². The van der Waals surface area contributed by atoms with Crippen LogP contribution in [0.1, 0.15) is 11.1 Å². The molecule has 3 nitrogen and oxygen atoms in total. The number of halogens is 1. The molecule has 2 aromatic rings. The van der Waals surface area contributed by atoms with Crippen LogP contribution in [-0.2, 0) is 4.79 Å². The van der Waals surface area contributed by atoms with Crippen LogP contribution in [-0.4, -0.2) is 11.7 Å². The minimum Gasteiger partial charge on any atom is -0.399 e. The third-order valence-electron chi connectivity index (χ3n) is 3.07. The molecule has 0 fully saturated rings. The van der Waals surface area contributed by atoms with Gasteiger partial charge in [0.25, 0.3) is 0 Å². The maximum atomic E-state index is 12.0. The first kappa shape index (κ1) is 15.9. The van der Waals surface area contributed by atoms with E-state index in [9.17, 15) is 4.79 Å². The van der Waals surface area contributed by atoms with Crippen LogP contribution in [0.2, 0.25) is 0 Å². The van der Waals surface area contributed by atoms with Gasteiger partial charge in [-0.2, -0.15) is 0 Å². The molecule has 0 heterocycles. The van der Waals surface area contributed by atoms with E-state index < -0.39 is 0 Å². The zero-order valence-corrected chi connectivity index (χ0v) is 14.3. The van der Waals surface area contributed by atoms with E-state index in [4.69, 9.17) is 5.73 Å². The van der Waals surface area contributed by atoms with Crippen LogP contribution in [0.3, 0.4) is 0 Å². The summed E-state index contributed by atoms with van der Waals surface area (Å²) in [5.74, 6) is 0.360. The predicted octanol–water partition coefficient (Wildman–Crippen LogP) is 4.38. The molecule has 3 N–H and O–H groups in total. The Morgan fingerprint density at radius 3 is 2.62 bits per heavy atom. The number of amides is 1. The topological polar surface area (TPSA) is 55.1 Å². The molecule has 0 radical (unpaired) electrons. The number of hydrogen-bond donors (Lipinski definition) is 2.